The summed E-state index contributed by atoms with van der Waals surface area (Å²) in [6.07, 6.45) is 3.37. The number of aryl methyl sites for hydroxylation is 1. The molecule has 0 aliphatic heterocycles. The van der Waals surface area contributed by atoms with Crippen molar-refractivity contribution in [1.82, 2.24) is 15.3 Å². The van der Waals surface area contributed by atoms with Crippen molar-refractivity contribution in [3.63, 3.8) is 0 Å². The highest BCUT2D eigenvalue weighted by Gasteiger charge is 2.15. The molecule has 0 spiro atoms. The molecule has 5 heteroatoms. The maximum Gasteiger partial charge on any atom is 0.253 e. The average Bonchev–Trinajstić information content (AvgIpc) is 2.86. The van der Waals surface area contributed by atoms with Crippen molar-refractivity contribution >= 4 is 11.6 Å². The zero-order valence-corrected chi connectivity index (χ0v) is 10.4. The number of rotatable bonds is 3. The standard InChI is InChI=1S/C13H16N4O/c1-8-4-3-5-10(11(8)14)13(18)17-9(2)12-15-6-7-16-12/h3-7,9H,14H2,1-2H3,(H,15,16)(H,17,18). The lowest BCUT2D eigenvalue weighted by atomic mass is 10.1. The summed E-state index contributed by atoms with van der Waals surface area (Å²) < 4.78 is 0. The molecule has 0 fully saturated rings. The second kappa shape index (κ2) is 4.91. The van der Waals surface area contributed by atoms with Crippen LogP contribution in [0.3, 0.4) is 0 Å². The highest BCUT2D eigenvalue weighted by atomic mass is 16.1. The number of benzene rings is 1. The monoisotopic (exact) mass is 244 g/mol. The number of anilines is 1. The molecule has 1 amide bonds. The lowest BCUT2D eigenvalue weighted by Gasteiger charge is -2.13. The van der Waals surface area contributed by atoms with Gasteiger partial charge in [-0.05, 0) is 25.5 Å². The molecule has 1 aromatic carbocycles. The van der Waals surface area contributed by atoms with Gasteiger partial charge < -0.3 is 16.0 Å². The van der Waals surface area contributed by atoms with Gasteiger partial charge in [-0.3, -0.25) is 4.79 Å². The number of imidazole rings is 1. The molecule has 5 nitrogen and oxygen atoms in total. The molecule has 0 aliphatic carbocycles. The lowest BCUT2D eigenvalue weighted by molar-refractivity contribution is 0.0939. The normalized spacial score (nSPS) is 12.1. The van der Waals surface area contributed by atoms with Crippen LogP contribution in [0.5, 0.6) is 0 Å². The van der Waals surface area contributed by atoms with Gasteiger partial charge in [0.15, 0.2) is 0 Å². The first-order chi connectivity index (χ1) is 8.59. The number of H-pyrrole nitrogens is 1. The number of nitrogens with two attached hydrogens (primary N) is 1. The number of hydrogen-bond donors (Lipinski definition) is 3. The van der Waals surface area contributed by atoms with E-state index in [0.717, 1.165) is 11.4 Å². The van der Waals surface area contributed by atoms with Crippen LogP contribution in [0.2, 0.25) is 0 Å². The fraction of sp³-hybridized carbons (Fsp3) is 0.231. The van der Waals surface area contributed by atoms with Crippen LogP contribution < -0.4 is 11.1 Å². The predicted molar refractivity (Wildman–Crippen MR) is 70.1 cm³/mol. The second-order valence-corrected chi connectivity index (χ2v) is 4.21. The van der Waals surface area contributed by atoms with Crippen molar-refractivity contribution in [2.24, 2.45) is 0 Å². The average molecular weight is 244 g/mol. The van der Waals surface area contributed by atoms with Gasteiger partial charge in [-0.2, -0.15) is 0 Å². The van der Waals surface area contributed by atoms with E-state index in [1.807, 2.05) is 26.0 Å². The topological polar surface area (TPSA) is 83.8 Å². The van der Waals surface area contributed by atoms with Gasteiger partial charge in [0.05, 0.1) is 11.6 Å². The largest absolute Gasteiger partial charge is 0.398 e. The Morgan fingerprint density at radius 3 is 2.94 bits per heavy atom. The quantitative estimate of drug-likeness (QED) is 0.720. The number of nitrogens with zero attached hydrogens (tertiary/aromatic N) is 1. The predicted octanol–water partition coefficient (Wildman–Crippen LogP) is 1.79. The minimum Gasteiger partial charge on any atom is -0.398 e. The number of nitrogens with one attached hydrogen (secondary N) is 2. The molecule has 4 N–H and O–H groups in total. The summed E-state index contributed by atoms with van der Waals surface area (Å²) in [7, 11) is 0. The van der Waals surface area contributed by atoms with Gasteiger partial charge >= 0.3 is 0 Å². The molecular weight excluding hydrogens is 228 g/mol. The molecule has 94 valence electrons. The molecule has 1 heterocycles. The smallest absolute Gasteiger partial charge is 0.253 e. The third-order valence-corrected chi connectivity index (χ3v) is 2.85. The summed E-state index contributed by atoms with van der Waals surface area (Å²) in [5.74, 6) is 0.523. The number of carbonyl (C=O) groups excluding carboxylic acids is 1. The number of aromatic amines is 1. The maximum atomic E-state index is 12.1. The SMILES string of the molecule is Cc1cccc(C(=O)NC(C)c2ncc[nH]2)c1N. The van der Waals surface area contributed by atoms with Crippen molar-refractivity contribution in [3.8, 4) is 0 Å². The summed E-state index contributed by atoms with van der Waals surface area (Å²) in [5, 5.41) is 2.85. The van der Waals surface area contributed by atoms with Crippen molar-refractivity contribution in [3.05, 3.63) is 47.5 Å². The van der Waals surface area contributed by atoms with E-state index in [1.54, 1.807) is 18.5 Å². The number of para-hydroxylation sites is 1. The molecule has 0 saturated carbocycles. The molecule has 1 unspecified atom stereocenters. The Labute approximate surface area is 105 Å². The van der Waals surface area contributed by atoms with E-state index in [0.29, 0.717) is 11.3 Å². The first-order valence-electron chi connectivity index (χ1n) is 5.75. The van der Waals surface area contributed by atoms with Gasteiger partial charge in [-0.25, -0.2) is 4.98 Å². The minimum absolute atomic E-state index is 0.188. The molecule has 0 aliphatic rings. The second-order valence-electron chi connectivity index (χ2n) is 4.21. The number of amides is 1. The van der Waals surface area contributed by atoms with E-state index in [-0.39, 0.29) is 11.9 Å². The first kappa shape index (κ1) is 12.2. The molecule has 18 heavy (non-hydrogen) atoms. The van der Waals surface area contributed by atoms with Gasteiger partial charge in [-0.15, -0.1) is 0 Å². The Kier molecular flexibility index (Phi) is 3.32. The highest BCUT2D eigenvalue weighted by molar-refractivity contribution is 5.99. The minimum atomic E-state index is -0.194. The van der Waals surface area contributed by atoms with E-state index in [1.165, 1.54) is 0 Å². The van der Waals surface area contributed by atoms with Gasteiger partial charge in [0.25, 0.3) is 5.91 Å². The van der Waals surface area contributed by atoms with Gasteiger partial charge in [0, 0.05) is 18.1 Å². The van der Waals surface area contributed by atoms with Crippen LogP contribution in [0.15, 0.2) is 30.6 Å². The Balaban J connectivity index is 2.15. The molecule has 0 saturated heterocycles. The van der Waals surface area contributed by atoms with Crippen LogP contribution >= 0.6 is 0 Å². The van der Waals surface area contributed by atoms with Crippen molar-refractivity contribution < 1.29 is 4.79 Å². The fourth-order valence-corrected chi connectivity index (χ4v) is 1.74. The number of aromatic nitrogens is 2. The molecule has 0 bridgehead atoms. The van der Waals surface area contributed by atoms with Crippen molar-refractivity contribution in [2.45, 2.75) is 19.9 Å². The summed E-state index contributed by atoms with van der Waals surface area (Å²) >= 11 is 0. The fourth-order valence-electron chi connectivity index (χ4n) is 1.74. The third-order valence-electron chi connectivity index (χ3n) is 2.85. The van der Waals surface area contributed by atoms with Crippen LogP contribution in [0.25, 0.3) is 0 Å². The van der Waals surface area contributed by atoms with Crippen LogP contribution in [0.4, 0.5) is 5.69 Å². The highest BCUT2D eigenvalue weighted by Crippen LogP contribution is 2.17. The Morgan fingerprint density at radius 1 is 1.50 bits per heavy atom. The molecule has 2 rings (SSSR count). The van der Waals surface area contributed by atoms with Gasteiger partial charge in [0.1, 0.15) is 5.82 Å². The molecule has 0 radical (unpaired) electrons. The molecule has 1 aromatic heterocycles. The number of carbonyl (C=O) groups is 1. The Hall–Kier alpha value is -2.30. The zero-order chi connectivity index (χ0) is 13.1. The van der Waals surface area contributed by atoms with E-state index in [4.69, 9.17) is 5.73 Å². The van der Waals surface area contributed by atoms with Gasteiger partial charge in [0.2, 0.25) is 0 Å². The van der Waals surface area contributed by atoms with Crippen molar-refractivity contribution in [1.29, 1.82) is 0 Å². The van der Waals surface area contributed by atoms with E-state index in [2.05, 4.69) is 15.3 Å². The Morgan fingerprint density at radius 2 is 2.28 bits per heavy atom. The number of hydrogen-bond acceptors (Lipinski definition) is 3. The van der Waals surface area contributed by atoms with Crippen LogP contribution in [0, 0.1) is 6.92 Å². The van der Waals surface area contributed by atoms with Crippen LogP contribution in [-0.2, 0) is 0 Å². The zero-order valence-electron chi connectivity index (χ0n) is 10.4. The first-order valence-corrected chi connectivity index (χ1v) is 5.75. The molecule has 2 aromatic rings. The van der Waals surface area contributed by atoms with E-state index >= 15 is 0 Å². The summed E-state index contributed by atoms with van der Waals surface area (Å²) in [4.78, 5) is 19.2. The number of nitrogen functional groups attached to an aromatic ring is 1. The van der Waals surface area contributed by atoms with E-state index < -0.39 is 0 Å². The maximum absolute atomic E-state index is 12.1. The van der Waals surface area contributed by atoms with Gasteiger partial charge in [-0.1, -0.05) is 12.1 Å². The summed E-state index contributed by atoms with van der Waals surface area (Å²) in [6, 6.07) is 5.22. The summed E-state index contributed by atoms with van der Waals surface area (Å²) in [6.45, 7) is 3.74. The molecule has 1 atom stereocenters. The summed E-state index contributed by atoms with van der Waals surface area (Å²) in [5.41, 5.74) is 7.80. The third kappa shape index (κ3) is 2.34. The van der Waals surface area contributed by atoms with Crippen molar-refractivity contribution in [2.75, 3.05) is 5.73 Å². The molecular formula is C13H16N4O. The Bertz CT molecular complexity index is 548. The lowest BCUT2D eigenvalue weighted by Crippen LogP contribution is -2.28. The van der Waals surface area contributed by atoms with Crippen LogP contribution in [-0.4, -0.2) is 15.9 Å². The van der Waals surface area contributed by atoms with E-state index in [9.17, 15) is 4.79 Å². The van der Waals surface area contributed by atoms with Crippen LogP contribution in [0.1, 0.15) is 34.7 Å².